The number of guanidine groups is 1. The second-order valence-corrected chi connectivity index (χ2v) is 10.2. The molecule has 26 heavy (non-hydrogen) atoms. The van der Waals surface area contributed by atoms with Crippen LogP contribution in [0.1, 0.15) is 44.7 Å². The Morgan fingerprint density at radius 3 is 2.65 bits per heavy atom. The van der Waals surface area contributed by atoms with Crippen LogP contribution in [-0.4, -0.2) is 40.9 Å². The zero-order valence-electron chi connectivity index (χ0n) is 16.7. The van der Waals surface area contributed by atoms with E-state index in [1.54, 1.807) is 7.05 Å². The van der Waals surface area contributed by atoms with E-state index >= 15 is 0 Å². The highest BCUT2D eigenvalue weighted by Crippen LogP contribution is 2.30. The van der Waals surface area contributed by atoms with Crippen molar-refractivity contribution in [2.75, 3.05) is 26.0 Å². The van der Waals surface area contributed by atoms with Gasteiger partial charge in [-0.05, 0) is 58.1 Å². The van der Waals surface area contributed by atoms with E-state index in [4.69, 9.17) is 4.74 Å². The number of nitrogens with one attached hydrogen (secondary N) is 2. The van der Waals surface area contributed by atoms with Gasteiger partial charge in [0.25, 0.3) is 0 Å². The number of rotatable bonds is 8. The van der Waals surface area contributed by atoms with E-state index in [-0.39, 0.29) is 4.75 Å². The second-order valence-electron chi connectivity index (χ2n) is 7.88. The molecular weight excluding hydrogens is 346 g/mol. The quantitative estimate of drug-likeness (QED) is 0.538. The highest BCUT2D eigenvalue weighted by molar-refractivity contribution is 7.86. The van der Waals surface area contributed by atoms with Gasteiger partial charge in [-0.15, -0.1) is 0 Å². The predicted octanol–water partition coefficient (Wildman–Crippen LogP) is 3.00. The third-order valence-corrected chi connectivity index (χ3v) is 6.27. The van der Waals surface area contributed by atoms with E-state index in [1.165, 1.54) is 18.4 Å². The van der Waals surface area contributed by atoms with Crippen LogP contribution in [0.15, 0.2) is 23.2 Å². The molecule has 1 saturated carbocycles. The van der Waals surface area contributed by atoms with Gasteiger partial charge in [0.15, 0.2) is 5.96 Å². The van der Waals surface area contributed by atoms with Crippen LogP contribution in [0.4, 0.5) is 0 Å². The number of hydrogen-bond acceptors (Lipinski definition) is 3. The summed E-state index contributed by atoms with van der Waals surface area (Å²) in [4.78, 5) is 4.25. The van der Waals surface area contributed by atoms with Crippen LogP contribution in [0.3, 0.4) is 0 Å². The largest absolute Gasteiger partial charge is 0.493 e. The minimum absolute atomic E-state index is 0.186. The number of ether oxygens (including phenoxy) is 1. The van der Waals surface area contributed by atoms with Crippen molar-refractivity contribution in [1.29, 1.82) is 0 Å². The van der Waals surface area contributed by atoms with Gasteiger partial charge in [0.2, 0.25) is 0 Å². The van der Waals surface area contributed by atoms with E-state index in [9.17, 15) is 4.21 Å². The lowest BCUT2D eigenvalue weighted by atomic mass is 10.1. The Labute approximate surface area is 160 Å². The van der Waals surface area contributed by atoms with Crippen molar-refractivity contribution in [2.24, 2.45) is 10.9 Å². The normalized spacial score (nSPS) is 16.3. The summed E-state index contributed by atoms with van der Waals surface area (Å²) < 4.78 is 17.9. The molecule has 0 radical (unpaired) electrons. The fraction of sp³-hybridized carbons (Fsp3) is 0.650. The summed E-state index contributed by atoms with van der Waals surface area (Å²) in [6, 6.07) is 6.30. The van der Waals surface area contributed by atoms with Crippen molar-refractivity contribution >= 4 is 16.8 Å². The maximum absolute atomic E-state index is 12.1. The zero-order valence-corrected chi connectivity index (χ0v) is 17.5. The highest BCUT2D eigenvalue weighted by atomic mass is 32.2. The van der Waals surface area contributed by atoms with Crippen LogP contribution in [0, 0.1) is 12.8 Å². The lowest BCUT2D eigenvalue weighted by Crippen LogP contribution is -2.40. The summed E-state index contributed by atoms with van der Waals surface area (Å²) in [7, 11) is 0.877. The Kier molecular flexibility index (Phi) is 7.50. The van der Waals surface area contributed by atoms with E-state index in [1.807, 2.05) is 20.8 Å². The fourth-order valence-electron chi connectivity index (χ4n) is 2.40. The second kappa shape index (κ2) is 9.40. The molecule has 1 aromatic carbocycles. The number of aliphatic imine (C=N–C) groups is 1. The molecule has 0 spiro atoms. The van der Waals surface area contributed by atoms with Crippen molar-refractivity contribution in [3.05, 3.63) is 29.3 Å². The van der Waals surface area contributed by atoms with Crippen molar-refractivity contribution in [2.45, 2.75) is 51.8 Å². The monoisotopic (exact) mass is 379 g/mol. The summed E-state index contributed by atoms with van der Waals surface area (Å²) in [5, 5.41) is 6.56. The molecule has 0 aromatic heterocycles. The number of nitrogens with zero attached hydrogens (tertiary/aromatic N) is 1. The summed E-state index contributed by atoms with van der Waals surface area (Å²) in [6.07, 6.45) is 2.57. The predicted molar refractivity (Wildman–Crippen MR) is 110 cm³/mol. The first-order valence-electron chi connectivity index (χ1n) is 9.35. The molecule has 0 bridgehead atoms. The molecule has 0 amide bonds. The maximum atomic E-state index is 12.1. The molecule has 5 nitrogen and oxygen atoms in total. The van der Waals surface area contributed by atoms with Crippen molar-refractivity contribution in [3.63, 3.8) is 0 Å². The minimum Gasteiger partial charge on any atom is -0.493 e. The summed E-state index contributed by atoms with van der Waals surface area (Å²) >= 11 is 0. The average Bonchev–Trinajstić information content (AvgIpc) is 3.40. The van der Waals surface area contributed by atoms with Crippen LogP contribution in [-0.2, 0) is 17.3 Å². The van der Waals surface area contributed by atoms with Gasteiger partial charge >= 0.3 is 0 Å². The van der Waals surface area contributed by atoms with E-state index < -0.39 is 10.8 Å². The van der Waals surface area contributed by atoms with Crippen LogP contribution in [0.2, 0.25) is 0 Å². The summed E-state index contributed by atoms with van der Waals surface area (Å²) in [5.74, 6) is 3.00. The molecule has 6 heteroatoms. The average molecular weight is 380 g/mol. The maximum Gasteiger partial charge on any atom is 0.191 e. The first kappa shape index (κ1) is 20.7. The molecular formula is C20H33N3O2S. The zero-order chi connectivity index (χ0) is 19.2. The van der Waals surface area contributed by atoms with E-state index in [0.29, 0.717) is 24.8 Å². The highest BCUT2D eigenvalue weighted by Gasteiger charge is 2.22. The molecule has 1 fully saturated rings. The smallest absolute Gasteiger partial charge is 0.191 e. The molecule has 0 saturated heterocycles. The van der Waals surface area contributed by atoms with Gasteiger partial charge in [0, 0.05) is 47.0 Å². The molecule has 1 aliphatic rings. The third kappa shape index (κ3) is 6.98. The fourth-order valence-corrected chi connectivity index (χ4v) is 3.30. The standard InChI is InChI=1S/C20H33N3O2S/c1-15-6-9-17(18(12-15)25-14-16-7-8-16)13-23-19(21-5)22-10-11-26(24)20(2,3)4/h6,9,12,16H,7-8,10-11,13-14H2,1-5H3,(H2,21,22,23). The summed E-state index contributed by atoms with van der Waals surface area (Å²) in [5.41, 5.74) is 2.32. The Morgan fingerprint density at radius 2 is 2.04 bits per heavy atom. The molecule has 0 heterocycles. The van der Waals surface area contributed by atoms with Crippen LogP contribution >= 0.6 is 0 Å². The van der Waals surface area contributed by atoms with Gasteiger partial charge < -0.3 is 15.4 Å². The van der Waals surface area contributed by atoms with Gasteiger partial charge in [-0.25, -0.2) is 0 Å². The Morgan fingerprint density at radius 1 is 1.31 bits per heavy atom. The third-order valence-electron chi connectivity index (χ3n) is 4.33. The molecule has 1 aromatic rings. The first-order valence-corrected chi connectivity index (χ1v) is 10.7. The molecule has 1 aliphatic carbocycles. The van der Waals surface area contributed by atoms with E-state index in [2.05, 4.69) is 40.7 Å². The lowest BCUT2D eigenvalue weighted by Gasteiger charge is -2.19. The van der Waals surface area contributed by atoms with Gasteiger partial charge in [0.05, 0.1) is 6.61 Å². The number of benzene rings is 1. The van der Waals surface area contributed by atoms with Crippen molar-refractivity contribution in [1.82, 2.24) is 10.6 Å². The Balaban J connectivity index is 1.84. The Bertz CT molecular complexity index is 649. The molecule has 1 unspecified atom stereocenters. The van der Waals surface area contributed by atoms with Crippen LogP contribution in [0.25, 0.3) is 0 Å². The summed E-state index contributed by atoms with van der Waals surface area (Å²) in [6.45, 7) is 10.1. The molecule has 146 valence electrons. The number of aryl methyl sites for hydroxylation is 1. The lowest BCUT2D eigenvalue weighted by molar-refractivity contribution is 0.296. The number of hydrogen-bond donors (Lipinski definition) is 2. The SMILES string of the molecule is CN=C(NCCS(=O)C(C)(C)C)NCc1ccc(C)cc1OCC1CC1. The van der Waals surface area contributed by atoms with Gasteiger partial charge in [-0.1, -0.05) is 12.1 Å². The van der Waals surface area contributed by atoms with Crippen molar-refractivity contribution in [3.8, 4) is 5.75 Å². The first-order chi connectivity index (χ1) is 12.3. The molecule has 0 aliphatic heterocycles. The van der Waals surface area contributed by atoms with Crippen LogP contribution in [0.5, 0.6) is 5.75 Å². The van der Waals surface area contributed by atoms with Gasteiger partial charge in [-0.2, -0.15) is 0 Å². The molecule has 1 atom stereocenters. The topological polar surface area (TPSA) is 62.7 Å². The Hall–Kier alpha value is -1.56. The van der Waals surface area contributed by atoms with Gasteiger partial charge in [0.1, 0.15) is 5.75 Å². The molecule has 2 rings (SSSR count). The van der Waals surface area contributed by atoms with E-state index in [0.717, 1.165) is 23.8 Å². The molecule has 2 N–H and O–H groups in total. The van der Waals surface area contributed by atoms with Crippen LogP contribution < -0.4 is 15.4 Å². The minimum atomic E-state index is -0.869. The van der Waals surface area contributed by atoms with Gasteiger partial charge in [-0.3, -0.25) is 9.20 Å². The van der Waals surface area contributed by atoms with Crippen molar-refractivity contribution < 1.29 is 8.95 Å².